The van der Waals surface area contributed by atoms with Gasteiger partial charge in [-0.3, -0.25) is 0 Å². The van der Waals surface area contributed by atoms with Crippen LogP contribution < -0.4 is 23.8 Å². The summed E-state index contributed by atoms with van der Waals surface area (Å²) in [6, 6.07) is 9.44. The topological polar surface area (TPSA) is 69.2 Å². The Morgan fingerprint density at radius 3 is 2.73 bits per heavy atom. The van der Waals surface area contributed by atoms with Gasteiger partial charge in [0.25, 0.3) is 0 Å². The number of nitrogens with zero attached hydrogens (tertiary/aromatic N) is 4. The van der Waals surface area contributed by atoms with Crippen LogP contribution in [0.15, 0.2) is 49.1 Å². The molecule has 2 aromatic carbocycles. The standard InChI is InChI=1S/C25H28N4O4/c1-28-8-6-17(7-9-28)15-32-24-14-20-19(13-23(24)30-3)25(27-16-26-20)33-18-4-5-22-21(12-18)29(2)10-11-31-22/h4-5,10-14,16-17H,6-9,15H2,1-3H3. The molecule has 3 aromatic rings. The van der Waals surface area contributed by atoms with Crippen molar-refractivity contribution in [3.8, 4) is 28.9 Å². The highest BCUT2D eigenvalue weighted by Gasteiger charge is 2.19. The largest absolute Gasteiger partial charge is 0.493 e. The molecule has 1 aromatic heterocycles. The van der Waals surface area contributed by atoms with Crippen LogP contribution in [-0.4, -0.2) is 55.8 Å². The Balaban J connectivity index is 1.39. The van der Waals surface area contributed by atoms with Gasteiger partial charge in [0.15, 0.2) is 11.5 Å². The molecule has 0 bridgehead atoms. The minimum atomic E-state index is 0.454. The summed E-state index contributed by atoms with van der Waals surface area (Å²) in [4.78, 5) is 13.1. The fourth-order valence-corrected chi connectivity index (χ4v) is 4.15. The lowest BCUT2D eigenvalue weighted by atomic mass is 9.98. The van der Waals surface area contributed by atoms with Crippen LogP contribution in [0, 0.1) is 5.92 Å². The van der Waals surface area contributed by atoms with Gasteiger partial charge in [0, 0.05) is 25.4 Å². The van der Waals surface area contributed by atoms with E-state index in [1.165, 1.54) is 6.33 Å². The molecule has 5 rings (SSSR count). The number of rotatable bonds is 6. The smallest absolute Gasteiger partial charge is 0.230 e. The van der Waals surface area contributed by atoms with E-state index in [9.17, 15) is 0 Å². The number of hydrogen-bond acceptors (Lipinski definition) is 8. The van der Waals surface area contributed by atoms with E-state index in [1.807, 2.05) is 48.5 Å². The number of methoxy groups -OCH3 is 1. The van der Waals surface area contributed by atoms with E-state index >= 15 is 0 Å². The van der Waals surface area contributed by atoms with Crippen molar-refractivity contribution in [1.29, 1.82) is 0 Å². The van der Waals surface area contributed by atoms with Gasteiger partial charge in [-0.15, -0.1) is 0 Å². The van der Waals surface area contributed by atoms with E-state index in [-0.39, 0.29) is 0 Å². The lowest BCUT2D eigenvalue weighted by Crippen LogP contribution is -2.32. The van der Waals surface area contributed by atoms with Gasteiger partial charge < -0.3 is 28.7 Å². The monoisotopic (exact) mass is 448 g/mol. The Hall–Kier alpha value is -3.52. The molecule has 1 saturated heterocycles. The molecular formula is C25H28N4O4. The van der Waals surface area contributed by atoms with Crippen LogP contribution in [0.2, 0.25) is 0 Å². The highest BCUT2D eigenvalue weighted by Crippen LogP contribution is 2.39. The SMILES string of the molecule is COc1cc2c(Oc3ccc4c(c3)N(C)C=CO4)ncnc2cc1OCC1CCN(C)CC1. The summed E-state index contributed by atoms with van der Waals surface area (Å²) < 4.78 is 23.5. The first-order valence-corrected chi connectivity index (χ1v) is 11.1. The third kappa shape index (κ3) is 4.52. The van der Waals surface area contributed by atoms with Crippen molar-refractivity contribution in [2.24, 2.45) is 5.92 Å². The van der Waals surface area contributed by atoms with Crippen LogP contribution in [-0.2, 0) is 0 Å². The second-order valence-electron chi connectivity index (χ2n) is 8.50. The fourth-order valence-electron chi connectivity index (χ4n) is 4.15. The predicted molar refractivity (Wildman–Crippen MR) is 126 cm³/mol. The number of likely N-dealkylation sites (tertiary alicyclic amines) is 1. The van der Waals surface area contributed by atoms with E-state index in [0.717, 1.165) is 48.3 Å². The highest BCUT2D eigenvalue weighted by molar-refractivity contribution is 5.87. The normalized spacial score (nSPS) is 16.4. The summed E-state index contributed by atoms with van der Waals surface area (Å²) >= 11 is 0. The van der Waals surface area contributed by atoms with Crippen molar-refractivity contribution in [2.45, 2.75) is 12.8 Å². The van der Waals surface area contributed by atoms with Gasteiger partial charge in [0.1, 0.15) is 24.1 Å². The van der Waals surface area contributed by atoms with E-state index in [2.05, 4.69) is 21.9 Å². The number of hydrogen-bond donors (Lipinski definition) is 0. The molecule has 0 atom stereocenters. The van der Waals surface area contributed by atoms with Gasteiger partial charge in [-0.2, -0.15) is 0 Å². The molecule has 0 radical (unpaired) electrons. The van der Waals surface area contributed by atoms with Crippen molar-refractivity contribution in [2.75, 3.05) is 45.8 Å². The Kier molecular flexibility index (Phi) is 5.92. The van der Waals surface area contributed by atoms with E-state index in [1.54, 1.807) is 13.4 Å². The molecule has 0 saturated carbocycles. The molecule has 0 N–H and O–H groups in total. The van der Waals surface area contributed by atoms with Crippen LogP contribution in [0.5, 0.6) is 28.9 Å². The zero-order chi connectivity index (χ0) is 22.8. The van der Waals surface area contributed by atoms with Gasteiger partial charge in [0.2, 0.25) is 5.88 Å². The Labute approximate surface area is 193 Å². The summed E-state index contributed by atoms with van der Waals surface area (Å²) in [5.74, 6) is 3.75. The molecule has 8 heteroatoms. The minimum absolute atomic E-state index is 0.454. The molecule has 0 unspecified atom stereocenters. The van der Waals surface area contributed by atoms with Crippen molar-refractivity contribution in [3.63, 3.8) is 0 Å². The van der Waals surface area contributed by atoms with Gasteiger partial charge in [0.05, 0.1) is 30.3 Å². The third-order valence-electron chi connectivity index (χ3n) is 6.20. The quantitative estimate of drug-likeness (QED) is 0.548. The molecular weight excluding hydrogens is 420 g/mol. The van der Waals surface area contributed by atoms with Gasteiger partial charge >= 0.3 is 0 Å². The van der Waals surface area contributed by atoms with E-state index in [4.69, 9.17) is 18.9 Å². The first-order valence-electron chi connectivity index (χ1n) is 11.1. The average Bonchev–Trinajstić information content (AvgIpc) is 2.84. The Bertz CT molecular complexity index is 1170. The van der Waals surface area contributed by atoms with Crippen LogP contribution in [0.25, 0.3) is 10.9 Å². The molecule has 2 aliphatic heterocycles. The van der Waals surface area contributed by atoms with Crippen LogP contribution in [0.4, 0.5) is 5.69 Å². The molecule has 0 amide bonds. The average molecular weight is 449 g/mol. The molecule has 172 valence electrons. The lowest BCUT2D eigenvalue weighted by Gasteiger charge is -2.28. The molecule has 0 spiro atoms. The van der Waals surface area contributed by atoms with Gasteiger partial charge in [-0.05, 0) is 57.1 Å². The van der Waals surface area contributed by atoms with Crippen molar-refractivity contribution in [3.05, 3.63) is 49.1 Å². The second-order valence-corrected chi connectivity index (χ2v) is 8.50. The fraction of sp³-hybridized carbons (Fsp3) is 0.360. The maximum absolute atomic E-state index is 6.17. The lowest BCUT2D eigenvalue weighted by molar-refractivity contribution is 0.157. The van der Waals surface area contributed by atoms with Crippen LogP contribution in [0.3, 0.4) is 0 Å². The number of piperidine rings is 1. The molecule has 1 fully saturated rings. The van der Waals surface area contributed by atoms with E-state index in [0.29, 0.717) is 35.7 Å². The Morgan fingerprint density at radius 2 is 1.91 bits per heavy atom. The molecule has 3 heterocycles. The molecule has 0 aliphatic carbocycles. The maximum atomic E-state index is 6.17. The van der Waals surface area contributed by atoms with Gasteiger partial charge in [-0.1, -0.05) is 0 Å². The minimum Gasteiger partial charge on any atom is -0.493 e. The van der Waals surface area contributed by atoms with Crippen molar-refractivity contribution < 1.29 is 18.9 Å². The van der Waals surface area contributed by atoms with E-state index < -0.39 is 0 Å². The molecule has 2 aliphatic rings. The van der Waals surface area contributed by atoms with Crippen molar-refractivity contribution >= 4 is 16.6 Å². The molecule has 33 heavy (non-hydrogen) atoms. The van der Waals surface area contributed by atoms with Gasteiger partial charge in [-0.25, -0.2) is 9.97 Å². The third-order valence-corrected chi connectivity index (χ3v) is 6.20. The first-order chi connectivity index (χ1) is 16.1. The summed E-state index contributed by atoms with van der Waals surface area (Å²) in [6.07, 6.45) is 7.29. The number of benzene rings is 2. The number of fused-ring (bicyclic) bond motifs is 2. The zero-order valence-electron chi connectivity index (χ0n) is 19.2. The number of anilines is 1. The zero-order valence-corrected chi connectivity index (χ0v) is 19.2. The summed E-state index contributed by atoms with van der Waals surface area (Å²) in [7, 11) is 5.76. The molecule has 8 nitrogen and oxygen atoms in total. The van der Waals surface area contributed by atoms with Crippen LogP contribution in [0.1, 0.15) is 12.8 Å². The van der Waals surface area contributed by atoms with Crippen molar-refractivity contribution in [1.82, 2.24) is 14.9 Å². The predicted octanol–water partition coefficient (Wildman–Crippen LogP) is 4.45. The number of aromatic nitrogens is 2. The number of ether oxygens (including phenoxy) is 4. The Morgan fingerprint density at radius 1 is 1.06 bits per heavy atom. The second kappa shape index (κ2) is 9.15. The van der Waals surface area contributed by atoms with Crippen LogP contribution >= 0.6 is 0 Å². The summed E-state index contributed by atoms with van der Waals surface area (Å²) in [5.41, 5.74) is 1.65. The maximum Gasteiger partial charge on any atom is 0.230 e. The first kappa shape index (κ1) is 21.3. The summed E-state index contributed by atoms with van der Waals surface area (Å²) in [6.45, 7) is 2.89. The highest BCUT2D eigenvalue weighted by atomic mass is 16.5. The summed E-state index contributed by atoms with van der Waals surface area (Å²) in [5, 5.41) is 0.753.